The average Bonchev–Trinajstić information content (AvgIpc) is 0.858. The fourth-order valence-electron chi connectivity index (χ4n) is 11.2. The standard InChI is InChI=1S/3C29H33NO6/c3*1-21(31)35-28-12-8-6-10-26(28)29(32)36-25(19-30(2)3)20-34-27-11-7-5-9-23(27)16-13-22-14-17-24(33-4)18-15-22/h3*5-12,14-15,17-18,25H,13,16,19-20H2,1-4H3/t2*25-;/m10./s1. The van der Waals surface area contributed by atoms with Crippen molar-refractivity contribution in [2.75, 3.05) is 103 Å². The highest BCUT2D eigenvalue weighted by Crippen LogP contribution is 2.28. The van der Waals surface area contributed by atoms with E-state index in [1.807, 2.05) is 166 Å². The highest BCUT2D eigenvalue weighted by molar-refractivity contribution is 5.95. The van der Waals surface area contributed by atoms with Crippen molar-refractivity contribution in [2.24, 2.45) is 0 Å². The quantitative estimate of drug-likeness (QED) is 0.0202. The molecule has 0 saturated carbocycles. The number of benzene rings is 9. The van der Waals surface area contributed by atoms with E-state index in [0.717, 1.165) is 89.7 Å². The molecule has 108 heavy (non-hydrogen) atoms. The van der Waals surface area contributed by atoms with E-state index in [1.165, 1.54) is 37.5 Å². The summed E-state index contributed by atoms with van der Waals surface area (Å²) < 4.78 is 66.9. The van der Waals surface area contributed by atoms with Gasteiger partial charge in [0.15, 0.2) is 0 Å². The minimum atomic E-state index is -0.574. The molecule has 0 aliphatic carbocycles. The van der Waals surface area contributed by atoms with Crippen LogP contribution >= 0.6 is 0 Å². The predicted molar refractivity (Wildman–Crippen MR) is 414 cm³/mol. The van der Waals surface area contributed by atoms with E-state index in [9.17, 15) is 28.8 Å². The second-order valence-corrected chi connectivity index (χ2v) is 25.9. The monoisotopic (exact) mass is 1470 g/mol. The number of para-hydroxylation sites is 6. The van der Waals surface area contributed by atoms with E-state index < -0.39 is 54.1 Å². The van der Waals surface area contributed by atoms with Crippen molar-refractivity contribution in [2.45, 2.75) is 77.6 Å². The van der Waals surface area contributed by atoms with Crippen LogP contribution in [0.15, 0.2) is 218 Å². The van der Waals surface area contributed by atoms with Crippen molar-refractivity contribution in [3.63, 3.8) is 0 Å². The third kappa shape index (κ3) is 29.1. The zero-order valence-corrected chi connectivity index (χ0v) is 63.7. The number of aryl methyl sites for hydroxylation is 6. The molecule has 0 aliphatic heterocycles. The van der Waals surface area contributed by atoms with E-state index in [1.54, 1.807) is 94.1 Å². The lowest BCUT2D eigenvalue weighted by Crippen LogP contribution is -2.35. The number of hydrogen-bond acceptors (Lipinski definition) is 21. The Hall–Kier alpha value is -11.5. The largest absolute Gasteiger partial charge is 0.497 e. The first-order chi connectivity index (χ1) is 52.1. The predicted octanol–water partition coefficient (Wildman–Crippen LogP) is 13.7. The molecule has 9 aromatic carbocycles. The maximum absolute atomic E-state index is 12.9. The molecule has 0 saturated heterocycles. The molecule has 0 bridgehead atoms. The van der Waals surface area contributed by atoms with Crippen LogP contribution in [0.2, 0.25) is 0 Å². The van der Waals surface area contributed by atoms with Crippen LogP contribution in [0.4, 0.5) is 0 Å². The molecule has 0 heterocycles. The smallest absolute Gasteiger partial charge is 0.342 e. The number of nitrogens with zero attached hydrogens (tertiary/aromatic N) is 3. The molecule has 0 aliphatic rings. The lowest BCUT2D eigenvalue weighted by molar-refractivity contribution is -0.132. The Morgan fingerprint density at radius 1 is 0.287 bits per heavy atom. The number of carbonyl (C=O) groups excluding carboxylic acids is 6. The van der Waals surface area contributed by atoms with Gasteiger partial charge in [-0.25, -0.2) is 14.4 Å². The fraction of sp³-hybridized carbons (Fsp3) is 0.310. The summed E-state index contributed by atoms with van der Waals surface area (Å²) >= 11 is 0. The maximum atomic E-state index is 12.9. The Balaban J connectivity index is 0.000000226. The average molecular weight is 1470 g/mol. The van der Waals surface area contributed by atoms with Crippen LogP contribution < -0.4 is 42.6 Å². The van der Waals surface area contributed by atoms with Gasteiger partial charge >= 0.3 is 35.8 Å². The third-order valence-corrected chi connectivity index (χ3v) is 16.3. The minimum Gasteiger partial charge on any atom is -0.497 e. The van der Waals surface area contributed by atoms with Gasteiger partial charge in [-0.15, -0.1) is 0 Å². The number of likely N-dealkylation sites (N-methyl/N-ethyl adjacent to an activating group) is 3. The van der Waals surface area contributed by atoms with Crippen LogP contribution in [0.3, 0.4) is 0 Å². The van der Waals surface area contributed by atoms with Gasteiger partial charge in [0.1, 0.15) is 107 Å². The summed E-state index contributed by atoms with van der Waals surface area (Å²) in [6.07, 6.45) is 3.37. The summed E-state index contributed by atoms with van der Waals surface area (Å²) in [5.74, 6) is 2.04. The Bertz CT molecular complexity index is 3860. The van der Waals surface area contributed by atoms with Crippen molar-refractivity contribution in [3.8, 4) is 51.7 Å². The molecule has 0 amide bonds. The molecule has 3 atom stereocenters. The van der Waals surface area contributed by atoms with E-state index in [0.29, 0.717) is 19.6 Å². The Labute approximate surface area is 634 Å². The number of carbonyl (C=O) groups is 6. The lowest BCUT2D eigenvalue weighted by Gasteiger charge is -2.23. The highest BCUT2D eigenvalue weighted by Gasteiger charge is 2.26. The van der Waals surface area contributed by atoms with Gasteiger partial charge in [0, 0.05) is 40.4 Å². The summed E-state index contributed by atoms with van der Waals surface area (Å²) in [7, 11) is 16.4. The van der Waals surface area contributed by atoms with Gasteiger partial charge in [0.2, 0.25) is 0 Å². The van der Waals surface area contributed by atoms with E-state index >= 15 is 0 Å². The number of ether oxygens (including phenoxy) is 12. The molecular weight excluding hydrogens is 1370 g/mol. The number of rotatable bonds is 36. The normalized spacial score (nSPS) is 11.6. The molecule has 9 aromatic rings. The van der Waals surface area contributed by atoms with Crippen molar-refractivity contribution < 1.29 is 85.6 Å². The fourth-order valence-corrected chi connectivity index (χ4v) is 11.2. The van der Waals surface area contributed by atoms with Crippen molar-refractivity contribution in [3.05, 3.63) is 268 Å². The first-order valence-electron chi connectivity index (χ1n) is 35.5. The molecule has 21 nitrogen and oxygen atoms in total. The zero-order chi connectivity index (χ0) is 77.7. The molecule has 1 unspecified atom stereocenters. The van der Waals surface area contributed by atoms with Crippen LogP contribution in [0.1, 0.15) is 85.2 Å². The van der Waals surface area contributed by atoms with Crippen LogP contribution in [0.5, 0.6) is 51.7 Å². The second kappa shape index (κ2) is 44.4. The second-order valence-electron chi connectivity index (χ2n) is 25.9. The summed E-state index contributed by atoms with van der Waals surface area (Å²) in [5.41, 5.74) is 7.41. The Kier molecular flexibility index (Phi) is 34.5. The summed E-state index contributed by atoms with van der Waals surface area (Å²) in [6, 6.07) is 67.3. The minimum absolute atomic E-state index is 0.170. The molecule has 0 spiro atoms. The molecule has 21 heteroatoms. The molecule has 0 aromatic heterocycles. The summed E-state index contributed by atoms with van der Waals surface area (Å²) in [6.45, 7) is 5.81. The van der Waals surface area contributed by atoms with E-state index in [-0.39, 0.29) is 53.8 Å². The molecule has 0 fully saturated rings. The van der Waals surface area contributed by atoms with Crippen LogP contribution in [-0.4, -0.2) is 172 Å². The van der Waals surface area contributed by atoms with Crippen molar-refractivity contribution in [1.29, 1.82) is 0 Å². The van der Waals surface area contributed by atoms with Gasteiger partial charge < -0.3 is 71.5 Å². The number of esters is 6. The van der Waals surface area contributed by atoms with Gasteiger partial charge in [0.25, 0.3) is 0 Å². The number of hydrogen-bond donors (Lipinski definition) is 0. The van der Waals surface area contributed by atoms with E-state index in [2.05, 4.69) is 36.4 Å². The summed E-state index contributed by atoms with van der Waals surface area (Å²) in [4.78, 5) is 78.8. The van der Waals surface area contributed by atoms with E-state index in [4.69, 9.17) is 56.8 Å². The first-order valence-corrected chi connectivity index (χ1v) is 35.5. The van der Waals surface area contributed by atoms with Gasteiger partial charge in [0.05, 0.1) is 21.3 Å². The maximum Gasteiger partial charge on any atom is 0.342 e. The molecule has 9 rings (SSSR count). The third-order valence-electron chi connectivity index (χ3n) is 16.3. The highest BCUT2D eigenvalue weighted by atomic mass is 16.6. The summed E-state index contributed by atoms with van der Waals surface area (Å²) in [5, 5.41) is 0. The zero-order valence-electron chi connectivity index (χ0n) is 63.7. The van der Waals surface area contributed by atoms with Crippen molar-refractivity contribution in [1.82, 2.24) is 14.7 Å². The van der Waals surface area contributed by atoms with Crippen LogP contribution in [0.25, 0.3) is 0 Å². The Morgan fingerprint density at radius 3 is 0.731 bits per heavy atom. The van der Waals surface area contributed by atoms with Gasteiger partial charge in [-0.2, -0.15) is 0 Å². The molecule has 0 N–H and O–H groups in total. The van der Waals surface area contributed by atoms with Crippen LogP contribution in [-0.2, 0) is 67.1 Å². The first kappa shape index (κ1) is 83.7. The van der Waals surface area contributed by atoms with Crippen LogP contribution in [0, 0.1) is 0 Å². The van der Waals surface area contributed by atoms with Gasteiger partial charge in [-0.3, -0.25) is 14.4 Å². The Morgan fingerprint density at radius 2 is 0.509 bits per heavy atom. The lowest BCUT2D eigenvalue weighted by atomic mass is 10.0. The molecule has 570 valence electrons. The van der Waals surface area contributed by atoms with Gasteiger partial charge in [-0.05, 0) is 205 Å². The SMILES string of the molecule is COc1ccc(CCc2ccccc2OCC(CN(C)C)OC(=O)c2ccccc2OC(C)=O)cc1.COc1ccc(CCc2ccccc2OC[C@@H](CN(C)C)OC(=O)c2ccccc2OC(C)=O)cc1.COc1ccc(CCc2ccccc2OC[C@H](CN(C)C)OC(=O)c2ccccc2OC(C)=O)cc1. The molecule has 0 radical (unpaired) electrons. The van der Waals surface area contributed by atoms with Gasteiger partial charge in [-0.1, -0.05) is 127 Å². The molecular formula is C87H99N3O18. The van der Waals surface area contributed by atoms with Crippen molar-refractivity contribution >= 4 is 35.8 Å². The topological polar surface area (TPSA) is 223 Å². The number of methoxy groups -OCH3 is 3.